The van der Waals surface area contributed by atoms with Gasteiger partial charge in [0.1, 0.15) is 5.82 Å². The van der Waals surface area contributed by atoms with E-state index in [4.69, 9.17) is 5.11 Å². The third-order valence-electron chi connectivity index (χ3n) is 8.74. The Hall–Kier alpha value is -3.62. The highest BCUT2D eigenvalue weighted by Gasteiger charge is 2.49. The number of amides is 1. The fraction of sp³-hybridized carbons (Fsp3) is 0.419. The van der Waals surface area contributed by atoms with Crippen LogP contribution in [0.4, 0.5) is 17.6 Å². The number of aromatic nitrogens is 1. The highest BCUT2D eigenvalue weighted by Crippen LogP contribution is 2.56. The van der Waals surface area contributed by atoms with Gasteiger partial charge < -0.3 is 15.4 Å². The van der Waals surface area contributed by atoms with Crippen LogP contribution in [-0.4, -0.2) is 34.7 Å². The summed E-state index contributed by atoms with van der Waals surface area (Å²) in [6.45, 7) is 0.0251. The van der Waals surface area contributed by atoms with Gasteiger partial charge in [0.25, 0.3) is 5.91 Å². The average molecular weight is 557 g/mol. The number of H-pyrrole nitrogens is 1. The monoisotopic (exact) mass is 556 g/mol. The first-order valence-electron chi connectivity index (χ1n) is 13.7. The molecule has 5 nitrogen and oxygen atoms in total. The largest absolute Gasteiger partial charge is 0.481 e. The molecule has 0 saturated heterocycles. The van der Waals surface area contributed by atoms with Crippen LogP contribution in [0.3, 0.4) is 0 Å². The zero-order chi connectivity index (χ0) is 28.5. The van der Waals surface area contributed by atoms with E-state index in [1.54, 1.807) is 18.2 Å². The maximum absolute atomic E-state index is 13.6. The third-order valence-corrected chi connectivity index (χ3v) is 8.74. The van der Waals surface area contributed by atoms with Crippen LogP contribution >= 0.6 is 0 Å². The summed E-state index contributed by atoms with van der Waals surface area (Å²) < 4.78 is 54.2. The molecule has 3 N–H and O–H groups in total. The van der Waals surface area contributed by atoms with E-state index in [0.29, 0.717) is 24.8 Å². The molecule has 3 aliphatic carbocycles. The minimum atomic E-state index is -4.21. The van der Waals surface area contributed by atoms with Crippen molar-refractivity contribution in [1.29, 1.82) is 0 Å². The van der Waals surface area contributed by atoms with Gasteiger partial charge in [-0.15, -0.1) is 0 Å². The number of hydrogen-bond donors (Lipinski definition) is 3. The number of nitrogens with one attached hydrogen (secondary N) is 2. The standard InChI is InChI=1S/C31H32F4N2O3/c32-25-8-3-19(4-9-25)27-18-21-17-24(7-10-26(21)37-27)30(14-11-23(12-15-30)31(33,34)35)22-5-1-20(2-6-22)29(40)36-16-13-28(38)39/h1-5,8-9,17-18,22-23,37H,6-7,10-16H2,(H,36,40)(H,38,39). The zero-order valence-electron chi connectivity index (χ0n) is 22.0. The van der Waals surface area contributed by atoms with Gasteiger partial charge >= 0.3 is 12.1 Å². The first-order chi connectivity index (χ1) is 19.0. The maximum atomic E-state index is 13.6. The van der Waals surface area contributed by atoms with E-state index in [9.17, 15) is 27.2 Å². The van der Waals surface area contributed by atoms with E-state index >= 15 is 0 Å². The predicted octanol–water partition coefficient (Wildman–Crippen LogP) is 6.98. The number of carbonyl (C=O) groups is 2. The number of alkyl halides is 3. The molecule has 5 rings (SSSR count). The lowest BCUT2D eigenvalue weighted by Gasteiger charge is -2.48. The van der Waals surface area contributed by atoms with Crippen molar-refractivity contribution in [3.8, 4) is 11.3 Å². The molecule has 1 atom stereocenters. The Morgan fingerprint density at radius 3 is 2.45 bits per heavy atom. The van der Waals surface area contributed by atoms with E-state index in [0.717, 1.165) is 40.9 Å². The van der Waals surface area contributed by atoms with Gasteiger partial charge in [0, 0.05) is 23.5 Å². The van der Waals surface area contributed by atoms with Gasteiger partial charge in [-0.25, -0.2) is 4.39 Å². The quantitative estimate of drug-likeness (QED) is 0.322. The minimum absolute atomic E-state index is 0.0251. The van der Waals surface area contributed by atoms with Gasteiger partial charge in [0.05, 0.1) is 12.3 Å². The average Bonchev–Trinajstić information content (AvgIpc) is 3.36. The van der Waals surface area contributed by atoms with Crippen molar-refractivity contribution >= 4 is 18.0 Å². The summed E-state index contributed by atoms with van der Waals surface area (Å²) in [5, 5.41) is 11.4. The third kappa shape index (κ3) is 5.78. The second-order valence-electron chi connectivity index (χ2n) is 11.0. The molecule has 1 heterocycles. The number of aryl methyl sites for hydroxylation is 1. The van der Waals surface area contributed by atoms with E-state index in [1.165, 1.54) is 12.1 Å². The highest BCUT2D eigenvalue weighted by atomic mass is 19.4. The molecule has 9 heteroatoms. The minimum Gasteiger partial charge on any atom is -0.481 e. The van der Waals surface area contributed by atoms with Crippen LogP contribution in [0.15, 0.2) is 59.7 Å². The highest BCUT2D eigenvalue weighted by molar-refractivity contribution is 5.96. The molecular weight excluding hydrogens is 524 g/mol. The lowest BCUT2D eigenvalue weighted by molar-refractivity contribution is -0.187. The van der Waals surface area contributed by atoms with E-state index in [1.807, 2.05) is 18.2 Å². The van der Waals surface area contributed by atoms with Crippen LogP contribution < -0.4 is 5.32 Å². The molecular formula is C31H32F4N2O3. The Labute approximate surface area is 230 Å². The van der Waals surface area contributed by atoms with Crippen molar-refractivity contribution in [2.45, 2.75) is 57.5 Å². The van der Waals surface area contributed by atoms with Crippen LogP contribution in [0.5, 0.6) is 0 Å². The molecule has 0 radical (unpaired) electrons. The van der Waals surface area contributed by atoms with Gasteiger partial charge in [0.2, 0.25) is 0 Å². The molecule has 40 heavy (non-hydrogen) atoms. The molecule has 1 fully saturated rings. The summed E-state index contributed by atoms with van der Waals surface area (Å²) in [6, 6.07) is 8.27. The first-order valence-corrected chi connectivity index (χ1v) is 13.7. The Balaban J connectivity index is 1.40. The number of rotatable bonds is 7. The van der Waals surface area contributed by atoms with E-state index < -0.39 is 23.5 Å². The fourth-order valence-electron chi connectivity index (χ4n) is 6.52. The molecule has 1 saturated carbocycles. The summed E-state index contributed by atoms with van der Waals surface area (Å²) in [5.41, 5.74) is 4.92. The number of carbonyl (C=O) groups excluding carboxylic acids is 1. The molecule has 0 spiro atoms. The van der Waals surface area contributed by atoms with Crippen molar-refractivity contribution in [2.75, 3.05) is 6.54 Å². The summed E-state index contributed by atoms with van der Waals surface area (Å²) in [7, 11) is 0. The van der Waals surface area contributed by atoms with Crippen LogP contribution in [-0.2, 0) is 16.0 Å². The molecule has 3 aliphatic rings. The van der Waals surface area contributed by atoms with Crippen molar-refractivity contribution in [2.24, 2.45) is 17.3 Å². The number of benzene rings is 1. The first kappa shape index (κ1) is 27.9. The van der Waals surface area contributed by atoms with Crippen molar-refractivity contribution in [3.05, 3.63) is 76.8 Å². The second-order valence-corrected chi connectivity index (χ2v) is 11.0. The summed E-state index contributed by atoms with van der Waals surface area (Å²) in [4.78, 5) is 26.7. The van der Waals surface area contributed by atoms with Crippen LogP contribution in [0.2, 0.25) is 0 Å². The number of aliphatic carboxylic acids is 1. The number of aromatic amines is 1. The van der Waals surface area contributed by atoms with Crippen LogP contribution in [0.1, 0.15) is 56.2 Å². The molecule has 1 aromatic carbocycles. The number of carboxylic acid groups (broad SMARTS) is 1. The summed E-state index contributed by atoms with van der Waals surface area (Å²) >= 11 is 0. The smallest absolute Gasteiger partial charge is 0.391 e. The van der Waals surface area contributed by atoms with Crippen molar-refractivity contribution in [1.82, 2.24) is 10.3 Å². The van der Waals surface area contributed by atoms with Gasteiger partial charge in [-0.2, -0.15) is 13.2 Å². The molecule has 1 amide bonds. The Morgan fingerprint density at radius 2 is 1.82 bits per heavy atom. The molecule has 1 unspecified atom stereocenters. The maximum Gasteiger partial charge on any atom is 0.391 e. The summed E-state index contributed by atoms with van der Waals surface area (Å²) in [5.74, 6) is -3.03. The topological polar surface area (TPSA) is 82.2 Å². The van der Waals surface area contributed by atoms with Crippen LogP contribution in [0, 0.1) is 23.1 Å². The number of carboxylic acids is 1. The summed E-state index contributed by atoms with van der Waals surface area (Å²) in [6.07, 6.45) is 6.17. The van der Waals surface area contributed by atoms with Gasteiger partial charge in [-0.1, -0.05) is 29.9 Å². The number of halogens is 4. The predicted molar refractivity (Wildman–Crippen MR) is 144 cm³/mol. The zero-order valence-corrected chi connectivity index (χ0v) is 22.0. The Kier molecular flexibility index (Phi) is 7.75. The lowest BCUT2D eigenvalue weighted by Crippen LogP contribution is -2.40. The van der Waals surface area contributed by atoms with E-state index in [-0.39, 0.29) is 43.4 Å². The van der Waals surface area contributed by atoms with Crippen LogP contribution in [0.25, 0.3) is 17.3 Å². The SMILES string of the molecule is O=C(O)CCNC(=O)C1=CCC(C2(C3=Cc4cc(-c5ccc(F)cc5)[nH]c4CC3)CCC(C(F)(F)F)CC2)C=C1. The van der Waals surface area contributed by atoms with Crippen molar-refractivity contribution in [3.63, 3.8) is 0 Å². The van der Waals surface area contributed by atoms with Crippen molar-refractivity contribution < 1.29 is 32.3 Å². The molecule has 0 aliphatic heterocycles. The molecule has 1 aromatic heterocycles. The van der Waals surface area contributed by atoms with Gasteiger partial charge in [-0.05, 0) is 97.7 Å². The van der Waals surface area contributed by atoms with E-state index in [2.05, 4.69) is 16.4 Å². The second kappa shape index (κ2) is 11.1. The molecule has 0 bridgehead atoms. The fourth-order valence-corrected chi connectivity index (χ4v) is 6.52. The number of fused-ring (bicyclic) bond motifs is 1. The number of allylic oxidation sites excluding steroid dienone is 3. The Morgan fingerprint density at radius 1 is 1.10 bits per heavy atom. The van der Waals surface area contributed by atoms with Gasteiger partial charge in [0.15, 0.2) is 0 Å². The number of hydrogen-bond acceptors (Lipinski definition) is 2. The molecule has 2 aromatic rings. The normalized spacial score (nSPS) is 24.6. The van der Waals surface area contributed by atoms with Gasteiger partial charge in [-0.3, -0.25) is 9.59 Å². The lowest BCUT2D eigenvalue weighted by atomic mass is 9.57. The Bertz CT molecular complexity index is 1360. The molecule has 212 valence electrons.